The molecule has 1 atom stereocenters. The van der Waals surface area contributed by atoms with Gasteiger partial charge in [0.05, 0.1) is 18.6 Å². The van der Waals surface area contributed by atoms with Crippen molar-refractivity contribution in [3.63, 3.8) is 0 Å². The van der Waals surface area contributed by atoms with Gasteiger partial charge >= 0.3 is 5.97 Å². The van der Waals surface area contributed by atoms with Gasteiger partial charge < -0.3 is 20.3 Å². The van der Waals surface area contributed by atoms with E-state index >= 15 is 0 Å². The molecule has 1 aliphatic rings. The van der Waals surface area contributed by atoms with Crippen molar-refractivity contribution in [2.45, 2.75) is 39.2 Å². The van der Waals surface area contributed by atoms with Crippen molar-refractivity contribution in [2.75, 3.05) is 6.61 Å². The number of nitrogens with zero attached hydrogens (tertiary/aromatic N) is 1. The number of aliphatic carboxylic acids is 1. The van der Waals surface area contributed by atoms with Gasteiger partial charge in [0, 0.05) is 41.4 Å². The molecule has 0 unspecified atom stereocenters. The summed E-state index contributed by atoms with van der Waals surface area (Å²) in [4.78, 5) is 39.1. The van der Waals surface area contributed by atoms with Crippen molar-refractivity contribution in [1.29, 1.82) is 0 Å². The number of amides is 1. The smallest absolute Gasteiger partial charge is 0.303 e. The van der Waals surface area contributed by atoms with Crippen LogP contribution < -0.4 is 15.2 Å². The van der Waals surface area contributed by atoms with Gasteiger partial charge in [-0.25, -0.2) is 0 Å². The lowest BCUT2D eigenvalue weighted by molar-refractivity contribution is -0.137. The number of allylic oxidation sites excluding steroid dienone is 1. The molecular weight excluding hydrogens is 448 g/mol. The van der Waals surface area contributed by atoms with Gasteiger partial charge in [0.2, 0.25) is 5.91 Å². The second-order valence-electron chi connectivity index (χ2n) is 8.08. The third kappa shape index (κ3) is 6.23. The van der Waals surface area contributed by atoms with Gasteiger partial charge in [0.1, 0.15) is 17.6 Å². The molecule has 1 aromatic heterocycles. The van der Waals surface area contributed by atoms with E-state index in [4.69, 9.17) is 20.3 Å². The second kappa shape index (κ2) is 11.3. The molecule has 0 saturated heterocycles. The van der Waals surface area contributed by atoms with Crippen LogP contribution in [0.3, 0.4) is 0 Å². The van der Waals surface area contributed by atoms with Crippen LogP contribution in [0.5, 0.6) is 11.5 Å². The fourth-order valence-electron chi connectivity index (χ4n) is 3.71. The summed E-state index contributed by atoms with van der Waals surface area (Å²) in [6.07, 6.45) is 6.24. The summed E-state index contributed by atoms with van der Waals surface area (Å²) in [6.45, 7) is 7.97. The molecule has 2 heterocycles. The third-order valence-corrected chi connectivity index (χ3v) is 5.62. The van der Waals surface area contributed by atoms with Crippen molar-refractivity contribution in [3.8, 4) is 11.5 Å². The number of benzene rings is 1. The van der Waals surface area contributed by atoms with Crippen LogP contribution in [-0.4, -0.2) is 34.4 Å². The molecule has 3 rings (SSSR count). The minimum Gasteiger partial charge on any atom is -0.492 e. The zero-order chi connectivity index (χ0) is 25.5. The molecule has 0 spiro atoms. The van der Waals surface area contributed by atoms with E-state index in [-0.39, 0.29) is 18.6 Å². The summed E-state index contributed by atoms with van der Waals surface area (Å²) in [5, 5.41) is 9.02. The number of carboxylic acids is 1. The maximum absolute atomic E-state index is 12.2. The highest BCUT2D eigenvalue weighted by Crippen LogP contribution is 2.38. The molecule has 1 aliphatic heterocycles. The van der Waals surface area contributed by atoms with Crippen LogP contribution in [0.15, 0.2) is 66.4 Å². The molecule has 0 bridgehead atoms. The summed E-state index contributed by atoms with van der Waals surface area (Å²) in [7, 11) is 0. The Kier molecular flexibility index (Phi) is 8.20. The minimum absolute atomic E-state index is 0.0207. The number of rotatable bonds is 10. The lowest BCUT2D eigenvalue weighted by Crippen LogP contribution is -2.17. The molecule has 0 radical (unpaired) electrons. The van der Waals surface area contributed by atoms with Crippen LogP contribution in [0.2, 0.25) is 0 Å². The standard InChI is InChI=1S/C27H28N2O6/c1-4-18(27(28)33)6-5-16(2)25(19-11-13-29-20(15-19)7-10-24(31)32)35-23-9-8-21-22(30)12-14-34-26(21)17(23)3/h4-6,8-9,11,13,15,25H,2,7,10,12,14H2,1,3H3,(H2,28,33)(H,31,32)/b6-5-,18-4+/t25-/m0/s1. The van der Waals surface area contributed by atoms with Gasteiger partial charge in [-0.3, -0.25) is 19.4 Å². The highest BCUT2D eigenvalue weighted by atomic mass is 16.5. The molecule has 0 fully saturated rings. The van der Waals surface area contributed by atoms with Gasteiger partial charge in [-0.15, -0.1) is 0 Å². The molecule has 0 aliphatic carbocycles. The van der Waals surface area contributed by atoms with E-state index in [0.717, 1.165) is 0 Å². The molecule has 0 saturated carbocycles. The number of hydrogen-bond acceptors (Lipinski definition) is 6. The van der Waals surface area contributed by atoms with Crippen LogP contribution in [0.4, 0.5) is 0 Å². The SMILES string of the molecule is C=C(/C=C\C(=C/C)C(N)=O)[C@H](Oc1ccc2c(c1C)OCCC2=O)c1ccnc(CCC(=O)O)c1. The molecule has 8 nitrogen and oxygen atoms in total. The Balaban J connectivity index is 1.99. The first-order chi connectivity index (χ1) is 16.7. The number of pyridine rings is 1. The number of ketones is 1. The summed E-state index contributed by atoms with van der Waals surface area (Å²) in [5.41, 5.74) is 8.74. The Bertz CT molecular complexity index is 1230. The molecule has 8 heteroatoms. The van der Waals surface area contributed by atoms with Crippen LogP contribution in [-0.2, 0) is 16.0 Å². The van der Waals surface area contributed by atoms with Gasteiger partial charge in [0.25, 0.3) is 0 Å². The van der Waals surface area contributed by atoms with E-state index in [9.17, 15) is 14.4 Å². The maximum Gasteiger partial charge on any atom is 0.303 e. The first-order valence-electron chi connectivity index (χ1n) is 11.2. The predicted octanol–water partition coefficient (Wildman–Crippen LogP) is 4.04. The number of hydrogen-bond donors (Lipinski definition) is 2. The van der Waals surface area contributed by atoms with Gasteiger partial charge in [-0.1, -0.05) is 18.7 Å². The molecule has 35 heavy (non-hydrogen) atoms. The summed E-state index contributed by atoms with van der Waals surface area (Å²) < 4.78 is 12.1. The highest BCUT2D eigenvalue weighted by molar-refractivity contribution is 6.00. The van der Waals surface area contributed by atoms with Crippen molar-refractivity contribution < 1.29 is 29.0 Å². The number of nitrogens with two attached hydrogens (primary N) is 1. The summed E-state index contributed by atoms with van der Waals surface area (Å²) in [5.74, 6) is -0.459. The topological polar surface area (TPSA) is 129 Å². The van der Waals surface area contributed by atoms with Crippen LogP contribution in [0, 0.1) is 6.92 Å². The Hall–Kier alpha value is -4.20. The third-order valence-electron chi connectivity index (χ3n) is 5.62. The number of ether oxygens (including phenoxy) is 2. The van der Waals surface area contributed by atoms with E-state index in [1.54, 1.807) is 55.6 Å². The molecular formula is C27H28N2O6. The Labute approximate surface area is 203 Å². The summed E-state index contributed by atoms with van der Waals surface area (Å²) >= 11 is 0. The van der Waals surface area contributed by atoms with Crippen LogP contribution >= 0.6 is 0 Å². The first kappa shape index (κ1) is 25.4. The minimum atomic E-state index is -0.915. The average Bonchev–Trinajstić information content (AvgIpc) is 2.83. The lowest BCUT2D eigenvalue weighted by atomic mass is 9.99. The molecule has 1 aromatic carbocycles. The molecule has 3 N–H and O–H groups in total. The zero-order valence-corrected chi connectivity index (χ0v) is 19.7. The predicted molar refractivity (Wildman–Crippen MR) is 130 cm³/mol. The van der Waals surface area contributed by atoms with Gasteiger partial charge in [-0.2, -0.15) is 0 Å². The van der Waals surface area contributed by atoms with Crippen molar-refractivity contribution in [3.05, 3.63) is 88.8 Å². The Morgan fingerprint density at radius 1 is 1.31 bits per heavy atom. The molecule has 182 valence electrons. The zero-order valence-electron chi connectivity index (χ0n) is 19.7. The Morgan fingerprint density at radius 2 is 2.09 bits per heavy atom. The number of aryl methyl sites for hydroxylation is 1. The second-order valence-corrected chi connectivity index (χ2v) is 8.08. The fourth-order valence-corrected chi connectivity index (χ4v) is 3.71. The number of fused-ring (bicyclic) bond motifs is 1. The van der Waals surface area contributed by atoms with E-state index in [1.165, 1.54) is 0 Å². The van der Waals surface area contributed by atoms with Crippen molar-refractivity contribution in [1.82, 2.24) is 4.98 Å². The molecule has 2 aromatic rings. The fraction of sp³-hybridized carbons (Fsp3) is 0.259. The van der Waals surface area contributed by atoms with Crippen molar-refractivity contribution in [2.24, 2.45) is 5.73 Å². The average molecular weight is 477 g/mol. The lowest BCUT2D eigenvalue weighted by Gasteiger charge is -2.25. The van der Waals surface area contributed by atoms with Crippen LogP contribution in [0.25, 0.3) is 0 Å². The van der Waals surface area contributed by atoms with Gasteiger partial charge in [-0.05, 0) is 49.8 Å². The normalized spacial score (nSPS) is 14.2. The number of carbonyl (C=O) groups is 3. The number of carbonyl (C=O) groups excluding carboxylic acids is 2. The number of primary amides is 1. The van der Waals surface area contributed by atoms with Gasteiger partial charge in [0.15, 0.2) is 5.78 Å². The van der Waals surface area contributed by atoms with Crippen LogP contribution in [0.1, 0.15) is 53.0 Å². The number of Topliss-reactive ketones (excluding diaryl/α,β-unsaturated/α-hetero) is 1. The maximum atomic E-state index is 12.2. The number of carboxylic acid groups (broad SMARTS) is 1. The van der Waals surface area contributed by atoms with E-state index in [2.05, 4.69) is 11.6 Å². The highest BCUT2D eigenvalue weighted by Gasteiger charge is 2.24. The van der Waals surface area contributed by atoms with E-state index in [1.807, 2.05) is 6.92 Å². The van der Waals surface area contributed by atoms with E-state index < -0.39 is 18.0 Å². The molecule has 1 amide bonds. The van der Waals surface area contributed by atoms with E-state index in [0.29, 0.717) is 58.1 Å². The monoisotopic (exact) mass is 476 g/mol. The quantitative estimate of drug-likeness (QED) is 0.391. The summed E-state index contributed by atoms with van der Waals surface area (Å²) in [6, 6.07) is 6.93. The Morgan fingerprint density at radius 3 is 2.77 bits per heavy atom. The number of aromatic nitrogens is 1. The largest absolute Gasteiger partial charge is 0.492 e. The first-order valence-corrected chi connectivity index (χ1v) is 11.2. The van der Waals surface area contributed by atoms with Crippen molar-refractivity contribution >= 4 is 17.7 Å².